The van der Waals surface area contributed by atoms with Crippen molar-refractivity contribution in [3.63, 3.8) is 0 Å². The summed E-state index contributed by atoms with van der Waals surface area (Å²) in [5.74, 6) is 0.418. The summed E-state index contributed by atoms with van der Waals surface area (Å²) < 4.78 is 24.3. The first-order valence-corrected chi connectivity index (χ1v) is 8.56. The average Bonchev–Trinajstić information content (AvgIpc) is 3.09. The van der Waals surface area contributed by atoms with Gasteiger partial charge in [-0.1, -0.05) is 29.8 Å². The van der Waals surface area contributed by atoms with Gasteiger partial charge in [0.1, 0.15) is 18.2 Å². The minimum Gasteiger partial charge on any atom is -0.489 e. The largest absolute Gasteiger partial charge is 0.489 e. The van der Waals surface area contributed by atoms with Gasteiger partial charge in [-0.2, -0.15) is 0 Å². The fourth-order valence-corrected chi connectivity index (χ4v) is 2.91. The molecule has 3 rings (SSSR count). The van der Waals surface area contributed by atoms with Crippen molar-refractivity contribution < 1.29 is 13.9 Å². The first kappa shape index (κ1) is 17.2. The molecule has 0 aliphatic carbocycles. The van der Waals surface area contributed by atoms with Crippen molar-refractivity contribution in [2.45, 2.75) is 32.1 Å². The number of benzene rings is 2. The summed E-state index contributed by atoms with van der Waals surface area (Å²) in [6.45, 7) is 2.90. The van der Waals surface area contributed by atoms with Gasteiger partial charge in [0.05, 0.1) is 11.1 Å². The lowest BCUT2D eigenvalue weighted by atomic mass is 10.2. The van der Waals surface area contributed by atoms with Crippen LogP contribution in [0.2, 0.25) is 5.02 Å². The number of rotatable bonds is 7. The molecule has 0 aromatic heterocycles. The molecule has 128 valence electrons. The van der Waals surface area contributed by atoms with Gasteiger partial charge in [-0.25, -0.2) is 4.39 Å². The van der Waals surface area contributed by atoms with Crippen LogP contribution in [0.1, 0.15) is 24.0 Å². The molecule has 2 aromatic rings. The summed E-state index contributed by atoms with van der Waals surface area (Å²) in [7, 11) is 0. The smallest absolute Gasteiger partial charge is 0.124 e. The third-order valence-corrected chi connectivity index (χ3v) is 4.41. The van der Waals surface area contributed by atoms with Gasteiger partial charge < -0.3 is 14.8 Å². The Labute approximate surface area is 146 Å². The molecule has 0 radical (unpaired) electrons. The molecule has 1 saturated heterocycles. The molecule has 0 spiro atoms. The highest BCUT2D eigenvalue weighted by atomic mass is 35.5. The second kappa shape index (κ2) is 8.47. The van der Waals surface area contributed by atoms with Gasteiger partial charge in [-0.15, -0.1) is 0 Å². The van der Waals surface area contributed by atoms with Gasteiger partial charge in [0.25, 0.3) is 0 Å². The van der Waals surface area contributed by atoms with E-state index in [9.17, 15) is 4.39 Å². The molecule has 0 bridgehead atoms. The lowest BCUT2D eigenvalue weighted by Gasteiger charge is -2.11. The Hall–Kier alpha value is -1.62. The first-order valence-electron chi connectivity index (χ1n) is 8.19. The highest BCUT2D eigenvalue weighted by molar-refractivity contribution is 6.31. The quantitative estimate of drug-likeness (QED) is 0.807. The zero-order valence-corrected chi connectivity index (χ0v) is 14.2. The van der Waals surface area contributed by atoms with Crippen molar-refractivity contribution >= 4 is 11.6 Å². The fraction of sp³-hybridized carbons (Fsp3) is 0.368. The summed E-state index contributed by atoms with van der Waals surface area (Å²) in [5.41, 5.74) is 1.96. The molecule has 1 atom stereocenters. The molecule has 1 aliphatic heterocycles. The van der Waals surface area contributed by atoms with E-state index in [0.717, 1.165) is 43.9 Å². The van der Waals surface area contributed by atoms with Crippen LogP contribution in [-0.2, 0) is 17.9 Å². The third kappa shape index (κ3) is 4.94. The Morgan fingerprint density at radius 2 is 2.04 bits per heavy atom. The van der Waals surface area contributed by atoms with Crippen molar-refractivity contribution in [2.75, 3.05) is 13.2 Å². The van der Waals surface area contributed by atoms with E-state index in [2.05, 4.69) is 5.32 Å². The zero-order chi connectivity index (χ0) is 16.8. The van der Waals surface area contributed by atoms with E-state index in [1.807, 2.05) is 24.3 Å². The average molecular weight is 350 g/mol. The standard InChI is InChI=1S/C19H21ClFNO2/c20-19-10-16(21)6-5-15(19)13-24-17-7-3-14(4-8-17)11-22-12-18-2-1-9-23-18/h3-8,10,18,22H,1-2,9,11-13H2/t18-/m0/s1. The summed E-state index contributed by atoms with van der Waals surface area (Å²) in [5, 5.41) is 3.79. The Morgan fingerprint density at radius 1 is 1.21 bits per heavy atom. The predicted molar refractivity (Wildman–Crippen MR) is 92.9 cm³/mol. The van der Waals surface area contributed by atoms with Gasteiger partial charge in [0, 0.05) is 25.3 Å². The molecule has 24 heavy (non-hydrogen) atoms. The SMILES string of the molecule is Fc1ccc(COc2ccc(CNC[C@@H]3CCCO3)cc2)c(Cl)c1. The van der Waals surface area contributed by atoms with Crippen molar-refractivity contribution in [2.24, 2.45) is 0 Å². The molecule has 2 aromatic carbocycles. The Balaban J connectivity index is 1.45. The van der Waals surface area contributed by atoms with Gasteiger partial charge in [-0.05, 0) is 42.7 Å². The highest BCUT2D eigenvalue weighted by Gasteiger charge is 2.14. The number of hydrogen-bond donors (Lipinski definition) is 1. The van der Waals surface area contributed by atoms with E-state index in [0.29, 0.717) is 17.7 Å². The molecule has 3 nitrogen and oxygen atoms in total. The van der Waals surface area contributed by atoms with Gasteiger partial charge in [0.15, 0.2) is 0 Å². The molecule has 0 amide bonds. The molecule has 5 heteroatoms. The monoisotopic (exact) mass is 349 g/mol. The number of ether oxygens (including phenoxy) is 2. The number of hydrogen-bond acceptors (Lipinski definition) is 3. The highest BCUT2D eigenvalue weighted by Crippen LogP contribution is 2.20. The first-order chi connectivity index (χ1) is 11.7. The minimum absolute atomic E-state index is 0.315. The molecule has 1 aliphatic rings. The van der Waals surface area contributed by atoms with E-state index in [1.54, 1.807) is 6.07 Å². The number of halogens is 2. The lowest BCUT2D eigenvalue weighted by Crippen LogP contribution is -2.25. The van der Waals surface area contributed by atoms with Crippen LogP contribution < -0.4 is 10.1 Å². The lowest BCUT2D eigenvalue weighted by molar-refractivity contribution is 0.110. The second-order valence-electron chi connectivity index (χ2n) is 5.93. The fourth-order valence-electron chi connectivity index (χ4n) is 2.69. The second-order valence-corrected chi connectivity index (χ2v) is 6.34. The summed E-state index contributed by atoms with van der Waals surface area (Å²) >= 11 is 5.99. The van der Waals surface area contributed by atoms with E-state index >= 15 is 0 Å². The van der Waals surface area contributed by atoms with E-state index in [4.69, 9.17) is 21.1 Å². The van der Waals surface area contributed by atoms with E-state index < -0.39 is 0 Å². The molecule has 0 unspecified atom stereocenters. The van der Waals surface area contributed by atoms with E-state index in [-0.39, 0.29) is 5.82 Å². The Kier molecular flexibility index (Phi) is 6.07. The molecular formula is C19H21ClFNO2. The maximum absolute atomic E-state index is 13.0. The molecule has 1 N–H and O–H groups in total. The van der Waals surface area contributed by atoms with Crippen LogP contribution in [0, 0.1) is 5.82 Å². The number of nitrogens with one attached hydrogen (secondary N) is 1. The molecule has 1 heterocycles. The third-order valence-electron chi connectivity index (χ3n) is 4.06. The van der Waals surface area contributed by atoms with Crippen LogP contribution in [0.3, 0.4) is 0 Å². The van der Waals surface area contributed by atoms with Gasteiger partial charge >= 0.3 is 0 Å². The summed E-state index contributed by atoms with van der Waals surface area (Å²) in [6, 6.07) is 12.2. The summed E-state index contributed by atoms with van der Waals surface area (Å²) in [6.07, 6.45) is 2.66. The molecule has 1 fully saturated rings. The van der Waals surface area contributed by atoms with Crippen LogP contribution >= 0.6 is 11.6 Å². The zero-order valence-electron chi connectivity index (χ0n) is 13.4. The predicted octanol–water partition coefficient (Wildman–Crippen LogP) is 4.33. The van der Waals surface area contributed by atoms with Crippen LogP contribution in [-0.4, -0.2) is 19.3 Å². The normalized spacial score (nSPS) is 17.2. The van der Waals surface area contributed by atoms with Crippen molar-refractivity contribution in [1.82, 2.24) is 5.32 Å². The van der Waals surface area contributed by atoms with Crippen LogP contribution in [0.5, 0.6) is 5.75 Å². The maximum Gasteiger partial charge on any atom is 0.124 e. The van der Waals surface area contributed by atoms with Crippen LogP contribution in [0.4, 0.5) is 4.39 Å². The van der Waals surface area contributed by atoms with Gasteiger partial charge in [0.2, 0.25) is 0 Å². The molecular weight excluding hydrogens is 329 g/mol. The Morgan fingerprint density at radius 3 is 2.75 bits per heavy atom. The van der Waals surface area contributed by atoms with Gasteiger partial charge in [-0.3, -0.25) is 0 Å². The van der Waals surface area contributed by atoms with Crippen molar-refractivity contribution in [3.8, 4) is 5.75 Å². The Bertz CT molecular complexity index is 657. The maximum atomic E-state index is 13.0. The molecule has 0 saturated carbocycles. The van der Waals surface area contributed by atoms with E-state index in [1.165, 1.54) is 17.7 Å². The van der Waals surface area contributed by atoms with Crippen LogP contribution in [0.25, 0.3) is 0 Å². The summed E-state index contributed by atoms with van der Waals surface area (Å²) in [4.78, 5) is 0. The van der Waals surface area contributed by atoms with Crippen LogP contribution in [0.15, 0.2) is 42.5 Å². The van der Waals surface area contributed by atoms with Crippen molar-refractivity contribution in [1.29, 1.82) is 0 Å². The topological polar surface area (TPSA) is 30.5 Å². The van der Waals surface area contributed by atoms with Crippen molar-refractivity contribution in [3.05, 3.63) is 64.4 Å². The minimum atomic E-state index is -0.344.